The minimum atomic E-state index is 0.0941. The lowest BCUT2D eigenvalue weighted by Gasteiger charge is -2.26. The molecule has 0 aliphatic carbocycles. The third kappa shape index (κ3) is 5.40. The van der Waals surface area contributed by atoms with Crippen LogP contribution in [0.2, 0.25) is 0 Å². The standard InChI is InChI=1S/C33H38.C2H6.BH3P/c1-19-11-20-13-22(31(2,3)4)17-27-28-18-24(33(8,9)10)15-21-14-23(32(5,6)7)16-26(30(21)28)25(12-19)29(20)27;2*1-2/h11-18H,1-10H3;1-2H3;1H,2H2/i;;1T. The zero-order chi connectivity index (χ0) is 28.8. The summed E-state index contributed by atoms with van der Waals surface area (Å²) < 4.78 is 6.05. The average molecular weight is 512 g/mol. The first kappa shape index (κ1) is 27.9. The van der Waals surface area contributed by atoms with Crippen LogP contribution in [0.5, 0.6) is 0 Å². The topological polar surface area (TPSA) is 0 Å². The molecular formula is C35H47BP. The minimum Gasteiger partial charge on any atom is -0.183 e. The van der Waals surface area contributed by atoms with Gasteiger partial charge in [0, 0.05) is 0 Å². The van der Waals surface area contributed by atoms with Crippen molar-refractivity contribution in [3.8, 4) is 0 Å². The summed E-state index contributed by atoms with van der Waals surface area (Å²) in [6.07, 6.45) is 0. The van der Waals surface area contributed by atoms with Crippen molar-refractivity contribution in [3.05, 3.63) is 70.8 Å². The SMILES string of the molecule is CC.Cc1cc2cc(C(C)(C)C)cc3c4cc(C(C)(C)C)cc5cc(C(C)(C)C)cc(c(c1)c23)c54.[3H][B]P. The average Bonchev–Trinajstić information content (AvgIpc) is 2.81. The molecule has 0 bridgehead atoms. The van der Waals surface area contributed by atoms with Gasteiger partial charge in [0.25, 0.3) is 0 Å². The van der Waals surface area contributed by atoms with E-state index in [-0.39, 0.29) is 16.2 Å². The van der Waals surface area contributed by atoms with Crippen LogP contribution in [-0.4, -0.2) is 8.86 Å². The predicted molar refractivity (Wildman–Crippen MR) is 177 cm³/mol. The molecule has 5 aromatic carbocycles. The summed E-state index contributed by atoms with van der Waals surface area (Å²) >= 11 is 0. The van der Waals surface area contributed by atoms with Gasteiger partial charge in [-0.15, -0.1) is 0 Å². The first-order valence-electron chi connectivity index (χ1n) is 14.3. The van der Waals surface area contributed by atoms with E-state index in [4.69, 9.17) is 1.34 Å². The summed E-state index contributed by atoms with van der Waals surface area (Å²) in [5.41, 5.74) is 5.85. The van der Waals surface area contributed by atoms with Crippen LogP contribution in [-0.2, 0) is 16.2 Å². The Labute approximate surface area is 230 Å². The molecule has 0 saturated heterocycles. The Bertz CT molecular complexity index is 1570. The predicted octanol–water partition coefficient (Wildman–Crippen LogP) is 10.6. The van der Waals surface area contributed by atoms with Crippen LogP contribution in [0, 0.1) is 6.92 Å². The first-order chi connectivity index (χ1) is 17.6. The molecule has 37 heavy (non-hydrogen) atoms. The third-order valence-electron chi connectivity index (χ3n) is 7.42. The zero-order valence-electron chi connectivity index (χ0n) is 26.3. The van der Waals surface area contributed by atoms with Gasteiger partial charge >= 0.3 is 0 Å². The molecule has 5 aromatic rings. The molecule has 1 atom stereocenters. The molecule has 0 saturated carbocycles. The number of benzene rings is 5. The molecule has 0 aliphatic rings. The highest BCUT2D eigenvalue weighted by molar-refractivity contribution is 7.49. The Morgan fingerprint density at radius 1 is 0.541 bits per heavy atom. The molecule has 1 radical (unpaired) electrons. The largest absolute Gasteiger partial charge is 0.183 e. The van der Waals surface area contributed by atoms with Crippen molar-refractivity contribution in [2.75, 3.05) is 0 Å². The maximum atomic E-state index is 6.05. The molecule has 0 fully saturated rings. The van der Waals surface area contributed by atoms with Gasteiger partial charge in [0.1, 0.15) is 7.53 Å². The normalized spacial score (nSPS) is 12.8. The second-order valence-corrected chi connectivity index (χ2v) is 13.3. The van der Waals surface area contributed by atoms with Gasteiger partial charge in [0.05, 0.1) is 0 Å². The summed E-state index contributed by atoms with van der Waals surface area (Å²) in [7, 11) is 3.29. The smallest absolute Gasteiger partial charge is 0.116 e. The number of fused-ring (bicyclic) bond motifs is 2. The fourth-order valence-corrected chi connectivity index (χ4v) is 5.33. The van der Waals surface area contributed by atoms with Crippen LogP contribution < -0.4 is 0 Å². The summed E-state index contributed by atoms with van der Waals surface area (Å²) in [5.74, 6) is 0. The van der Waals surface area contributed by atoms with E-state index in [2.05, 4.69) is 127 Å². The number of hydrogen-bond donors (Lipinski definition) is 0. The first-order valence-corrected chi connectivity index (χ1v) is 14.4. The Morgan fingerprint density at radius 2 is 0.811 bits per heavy atom. The van der Waals surface area contributed by atoms with Gasteiger partial charge in [-0.1, -0.05) is 106 Å². The van der Waals surface area contributed by atoms with Gasteiger partial charge in [-0.25, -0.2) is 0 Å². The number of aryl methyl sites for hydroxylation is 1. The van der Waals surface area contributed by atoms with E-state index in [1.54, 1.807) is 0 Å². The van der Waals surface area contributed by atoms with Gasteiger partial charge in [0.15, 0.2) is 0 Å². The van der Waals surface area contributed by atoms with E-state index >= 15 is 0 Å². The van der Waals surface area contributed by atoms with Crippen LogP contribution in [0.25, 0.3) is 43.1 Å². The van der Waals surface area contributed by atoms with E-state index in [1.165, 1.54) is 72.9 Å². The molecule has 0 spiro atoms. The molecule has 195 valence electrons. The quantitative estimate of drug-likeness (QED) is 0.0839. The van der Waals surface area contributed by atoms with Gasteiger partial charge < -0.3 is 0 Å². The molecular weight excluding hydrogens is 462 g/mol. The maximum absolute atomic E-state index is 6.05. The fraction of sp³-hybridized carbons (Fsp3) is 0.429. The van der Waals surface area contributed by atoms with Crippen LogP contribution in [0.15, 0.2) is 48.5 Å². The molecule has 0 amide bonds. The third-order valence-corrected chi connectivity index (χ3v) is 7.42. The van der Waals surface area contributed by atoms with Crippen LogP contribution in [0.4, 0.5) is 0 Å². The van der Waals surface area contributed by atoms with Gasteiger partial charge in [-0.2, -0.15) is 9.12 Å². The molecule has 0 N–H and O–H groups in total. The fourth-order valence-electron chi connectivity index (χ4n) is 5.33. The molecule has 0 nitrogen and oxygen atoms in total. The van der Waals surface area contributed by atoms with Gasteiger partial charge in [-0.3, -0.25) is 0 Å². The highest BCUT2D eigenvalue weighted by Gasteiger charge is 2.24. The van der Waals surface area contributed by atoms with Crippen molar-refractivity contribution in [2.45, 2.75) is 99.3 Å². The summed E-state index contributed by atoms with van der Waals surface area (Å²) in [5, 5.41) is 11.2. The highest BCUT2D eigenvalue weighted by Crippen LogP contribution is 2.45. The van der Waals surface area contributed by atoms with Crippen molar-refractivity contribution in [1.82, 2.24) is 0 Å². The Balaban J connectivity index is 0.000000748. The second-order valence-electron chi connectivity index (χ2n) is 13.3. The van der Waals surface area contributed by atoms with E-state index < -0.39 is 0 Å². The van der Waals surface area contributed by atoms with Crippen molar-refractivity contribution >= 4 is 59.7 Å². The lowest BCUT2D eigenvalue weighted by molar-refractivity contribution is 0.590. The second kappa shape index (κ2) is 10.2. The van der Waals surface area contributed by atoms with E-state index in [0.29, 0.717) is 0 Å². The van der Waals surface area contributed by atoms with E-state index in [0.717, 1.165) is 0 Å². The maximum Gasteiger partial charge on any atom is 0.116 e. The monoisotopic (exact) mass is 511 g/mol. The van der Waals surface area contributed by atoms with Gasteiger partial charge in [0.2, 0.25) is 0 Å². The van der Waals surface area contributed by atoms with Crippen molar-refractivity contribution in [3.63, 3.8) is 0 Å². The van der Waals surface area contributed by atoms with E-state index in [9.17, 15) is 0 Å². The van der Waals surface area contributed by atoms with Crippen molar-refractivity contribution < 1.29 is 0 Å². The molecule has 1 unspecified atom stereocenters. The summed E-state index contributed by atoms with van der Waals surface area (Å²) in [6, 6.07) is 19.5. The lowest BCUT2D eigenvalue weighted by atomic mass is 9.78. The molecule has 0 heterocycles. The van der Waals surface area contributed by atoms with Gasteiger partial charge in [-0.05, 0) is 108 Å². The lowest BCUT2D eigenvalue weighted by Crippen LogP contribution is -2.13. The molecule has 2 heteroatoms. The van der Waals surface area contributed by atoms with Crippen LogP contribution in [0.1, 0.15) is 98.4 Å². The summed E-state index contributed by atoms with van der Waals surface area (Å²) in [4.78, 5) is 0. The van der Waals surface area contributed by atoms with E-state index in [1.807, 2.05) is 13.8 Å². The number of hydrogen-bond acceptors (Lipinski definition) is 0. The Kier molecular flexibility index (Phi) is 7.71. The highest BCUT2D eigenvalue weighted by atomic mass is 31.0. The molecule has 0 aromatic heterocycles. The van der Waals surface area contributed by atoms with Crippen LogP contribution in [0.3, 0.4) is 0 Å². The zero-order valence-corrected chi connectivity index (χ0v) is 26.4. The number of rotatable bonds is 0. The van der Waals surface area contributed by atoms with Crippen molar-refractivity contribution in [1.29, 1.82) is 1.34 Å². The molecule has 5 rings (SSSR count). The molecule has 0 aliphatic heterocycles. The van der Waals surface area contributed by atoms with Crippen LogP contribution >= 0.6 is 9.12 Å². The Morgan fingerprint density at radius 3 is 1.11 bits per heavy atom. The summed E-state index contributed by atoms with van der Waals surface area (Å²) in [6.45, 7) is 27.2. The minimum absolute atomic E-state index is 0.0941. The van der Waals surface area contributed by atoms with Crippen molar-refractivity contribution in [2.24, 2.45) is 0 Å². The Hall–Kier alpha value is -2.11.